The van der Waals surface area contributed by atoms with Gasteiger partial charge in [-0.25, -0.2) is 4.79 Å². The first-order valence-electron chi connectivity index (χ1n) is 6.77. The minimum absolute atomic E-state index is 0.127. The number of H-pyrrole nitrogens is 1. The first kappa shape index (κ1) is 13.9. The van der Waals surface area contributed by atoms with Crippen molar-refractivity contribution in [3.8, 4) is 11.1 Å². The highest BCUT2D eigenvalue weighted by atomic mass is 16.4. The summed E-state index contributed by atoms with van der Waals surface area (Å²) < 4.78 is 0. The number of benzene rings is 2. The Balaban J connectivity index is 1.99. The van der Waals surface area contributed by atoms with Crippen LogP contribution in [-0.4, -0.2) is 29.0 Å². The lowest BCUT2D eigenvalue weighted by molar-refractivity contribution is 0.0691. The molecule has 1 heterocycles. The molecule has 0 aliphatic rings. The molecule has 5 nitrogen and oxygen atoms in total. The quantitative estimate of drug-likeness (QED) is 0.694. The topological polar surface area (TPSA) is 82.2 Å². The van der Waals surface area contributed by atoms with Gasteiger partial charge in [0.2, 0.25) is 0 Å². The highest BCUT2D eigenvalue weighted by Gasteiger charge is 2.09. The summed E-state index contributed by atoms with van der Waals surface area (Å²) >= 11 is 0. The number of nitrogens with one attached hydrogen (secondary N) is 2. The summed E-state index contributed by atoms with van der Waals surface area (Å²) in [5.74, 6) is -1.11. The number of carboxylic acid groups (broad SMARTS) is 1. The maximum atomic E-state index is 11.5. The maximum absolute atomic E-state index is 11.5. The van der Waals surface area contributed by atoms with E-state index in [2.05, 4.69) is 10.3 Å². The molecule has 0 aliphatic carbocycles. The summed E-state index contributed by atoms with van der Waals surface area (Å²) in [6.07, 6.45) is 0. The first-order valence-corrected chi connectivity index (χ1v) is 6.77. The van der Waals surface area contributed by atoms with E-state index in [1.165, 1.54) is 0 Å². The van der Waals surface area contributed by atoms with Gasteiger partial charge in [-0.1, -0.05) is 24.3 Å². The Morgan fingerprint density at radius 1 is 1.00 bits per heavy atom. The Labute approximate surface area is 126 Å². The Hall–Kier alpha value is -3.08. The highest BCUT2D eigenvalue weighted by molar-refractivity contribution is 5.96. The van der Waals surface area contributed by atoms with E-state index in [1.54, 1.807) is 25.2 Å². The van der Waals surface area contributed by atoms with Crippen LogP contribution in [0.5, 0.6) is 0 Å². The van der Waals surface area contributed by atoms with E-state index >= 15 is 0 Å². The van der Waals surface area contributed by atoms with Gasteiger partial charge in [0.25, 0.3) is 5.91 Å². The van der Waals surface area contributed by atoms with Crippen molar-refractivity contribution in [1.29, 1.82) is 0 Å². The molecule has 3 rings (SSSR count). The van der Waals surface area contributed by atoms with Gasteiger partial charge in [0.1, 0.15) is 5.69 Å². The van der Waals surface area contributed by atoms with Crippen molar-refractivity contribution >= 4 is 22.8 Å². The Morgan fingerprint density at radius 3 is 2.32 bits per heavy atom. The molecule has 3 N–H and O–H groups in total. The molecular formula is C17H14N2O3. The van der Waals surface area contributed by atoms with Crippen molar-refractivity contribution in [2.45, 2.75) is 0 Å². The number of aromatic nitrogens is 1. The average Bonchev–Trinajstić information content (AvgIpc) is 2.97. The fourth-order valence-electron chi connectivity index (χ4n) is 2.38. The molecule has 2 aromatic carbocycles. The monoisotopic (exact) mass is 294 g/mol. The van der Waals surface area contributed by atoms with Crippen molar-refractivity contribution in [3.63, 3.8) is 0 Å². The van der Waals surface area contributed by atoms with Crippen molar-refractivity contribution in [1.82, 2.24) is 10.3 Å². The van der Waals surface area contributed by atoms with Gasteiger partial charge in [-0.15, -0.1) is 0 Å². The molecule has 3 aromatic rings. The molecule has 0 fully saturated rings. The third kappa shape index (κ3) is 2.44. The van der Waals surface area contributed by atoms with Gasteiger partial charge in [0.05, 0.1) is 0 Å². The van der Waals surface area contributed by atoms with E-state index in [0.717, 1.165) is 22.0 Å². The van der Waals surface area contributed by atoms with Crippen LogP contribution < -0.4 is 5.32 Å². The van der Waals surface area contributed by atoms with Crippen LogP contribution in [0.1, 0.15) is 20.8 Å². The average molecular weight is 294 g/mol. The van der Waals surface area contributed by atoms with E-state index < -0.39 is 5.97 Å². The number of rotatable bonds is 3. The lowest BCUT2D eigenvalue weighted by Crippen LogP contribution is -2.17. The van der Waals surface area contributed by atoms with Gasteiger partial charge in [-0.05, 0) is 35.4 Å². The molecule has 0 saturated carbocycles. The highest BCUT2D eigenvalue weighted by Crippen LogP contribution is 2.25. The van der Waals surface area contributed by atoms with Crippen LogP contribution in [0.15, 0.2) is 48.5 Å². The molecule has 110 valence electrons. The third-order valence-corrected chi connectivity index (χ3v) is 3.56. The van der Waals surface area contributed by atoms with Crippen LogP contribution in [0, 0.1) is 0 Å². The summed E-state index contributed by atoms with van der Waals surface area (Å²) in [7, 11) is 1.59. The summed E-state index contributed by atoms with van der Waals surface area (Å²) in [6.45, 7) is 0. The smallest absolute Gasteiger partial charge is 0.352 e. The molecule has 1 aromatic heterocycles. The van der Waals surface area contributed by atoms with Crippen LogP contribution in [0.3, 0.4) is 0 Å². The van der Waals surface area contributed by atoms with Gasteiger partial charge in [0.15, 0.2) is 0 Å². The molecule has 1 amide bonds. The molecule has 0 aliphatic heterocycles. The van der Waals surface area contributed by atoms with E-state index in [0.29, 0.717) is 5.56 Å². The number of carbonyl (C=O) groups excluding carboxylic acids is 1. The molecular weight excluding hydrogens is 280 g/mol. The van der Waals surface area contributed by atoms with Gasteiger partial charge in [0, 0.05) is 23.5 Å². The van der Waals surface area contributed by atoms with E-state index in [4.69, 9.17) is 5.11 Å². The lowest BCUT2D eigenvalue weighted by Gasteiger charge is -2.04. The van der Waals surface area contributed by atoms with Crippen molar-refractivity contribution < 1.29 is 14.7 Å². The van der Waals surface area contributed by atoms with Crippen LogP contribution in [0.2, 0.25) is 0 Å². The molecule has 0 bridgehead atoms. The molecule has 5 heteroatoms. The van der Waals surface area contributed by atoms with Gasteiger partial charge in [-0.3, -0.25) is 4.79 Å². The van der Waals surface area contributed by atoms with E-state index in [-0.39, 0.29) is 11.6 Å². The van der Waals surface area contributed by atoms with Crippen LogP contribution in [0.4, 0.5) is 0 Å². The molecule has 0 radical (unpaired) electrons. The normalized spacial score (nSPS) is 10.6. The summed E-state index contributed by atoms with van der Waals surface area (Å²) in [5.41, 5.74) is 3.45. The largest absolute Gasteiger partial charge is 0.477 e. The first-order chi connectivity index (χ1) is 10.6. The van der Waals surface area contributed by atoms with Crippen LogP contribution in [-0.2, 0) is 0 Å². The van der Waals surface area contributed by atoms with Crippen molar-refractivity contribution in [3.05, 3.63) is 59.8 Å². The maximum Gasteiger partial charge on any atom is 0.352 e. The minimum atomic E-state index is -0.979. The predicted molar refractivity (Wildman–Crippen MR) is 84.1 cm³/mol. The third-order valence-electron chi connectivity index (χ3n) is 3.56. The standard InChI is InChI=1S/C17H14N2O3/c1-18-16(20)11-4-2-10(3-5-11)12-6-7-13-9-15(17(21)22)19-14(13)8-12/h2-9,19H,1H3,(H,18,20)(H,21,22). The molecule has 0 unspecified atom stereocenters. The Morgan fingerprint density at radius 2 is 1.68 bits per heavy atom. The number of aromatic carboxylic acids is 1. The SMILES string of the molecule is CNC(=O)c1ccc(-c2ccc3cc(C(=O)O)[nH]c3c2)cc1. The zero-order valence-electron chi connectivity index (χ0n) is 11.9. The van der Waals surface area contributed by atoms with Crippen molar-refractivity contribution in [2.24, 2.45) is 0 Å². The van der Waals surface area contributed by atoms with Crippen LogP contribution in [0.25, 0.3) is 22.0 Å². The molecule has 0 spiro atoms. The number of amides is 1. The Kier molecular flexibility index (Phi) is 3.39. The number of fused-ring (bicyclic) bond motifs is 1. The summed E-state index contributed by atoms with van der Waals surface area (Å²) in [5, 5.41) is 12.4. The Bertz CT molecular complexity index is 863. The number of hydrogen-bond acceptors (Lipinski definition) is 2. The number of carboxylic acids is 1. The minimum Gasteiger partial charge on any atom is -0.477 e. The van der Waals surface area contributed by atoms with Gasteiger partial charge < -0.3 is 15.4 Å². The van der Waals surface area contributed by atoms with Crippen LogP contribution >= 0.6 is 0 Å². The second-order valence-corrected chi connectivity index (χ2v) is 4.95. The van der Waals surface area contributed by atoms with E-state index in [9.17, 15) is 9.59 Å². The van der Waals surface area contributed by atoms with Crippen molar-refractivity contribution in [2.75, 3.05) is 7.05 Å². The second-order valence-electron chi connectivity index (χ2n) is 4.95. The fourth-order valence-corrected chi connectivity index (χ4v) is 2.38. The molecule has 22 heavy (non-hydrogen) atoms. The zero-order valence-corrected chi connectivity index (χ0v) is 11.9. The van der Waals surface area contributed by atoms with Gasteiger partial charge >= 0.3 is 5.97 Å². The second kappa shape index (κ2) is 5.37. The fraction of sp³-hybridized carbons (Fsp3) is 0.0588. The summed E-state index contributed by atoms with van der Waals surface area (Å²) in [6, 6.07) is 14.6. The number of carbonyl (C=O) groups is 2. The predicted octanol–water partition coefficient (Wildman–Crippen LogP) is 2.89. The molecule has 0 saturated heterocycles. The number of aromatic amines is 1. The number of hydrogen-bond donors (Lipinski definition) is 3. The lowest BCUT2D eigenvalue weighted by atomic mass is 10.0. The van der Waals surface area contributed by atoms with E-state index in [1.807, 2.05) is 30.3 Å². The molecule has 0 atom stereocenters. The van der Waals surface area contributed by atoms with Gasteiger partial charge in [-0.2, -0.15) is 0 Å². The zero-order chi connectivity index (χ0) is 15.7. The summed E-state index contributed by atoms with van der Waals surface area (Å²) in [4.78, 5) is 25.4.